The molecule has 0 spiro atoms. The quantitative estimate of drug-likeness (QED) is 0.341. The summed E-state index contributed by atoms with van der Waals surface area (Å²) in [6, 6.07) is 0. The molecule has 2 aliphatic rings. The van der Waals surface area contributed by atoms with Gasteiger partial charge in [0.05, 0.1) is 0 Å². The molecule has 0 saturated heterocycles. The van der Waals surface area contributed by atoms with E-state index in [0.29, 0.717) is 0 Å². The Hall–Kier alpha value is -1.24. The maximum absolute atomic E-state index is 8.63. The van der Waals surface area contributed by atoms with E-state index in [-0.39, 0.29) is 0 Å². The summed E-state index contributed by atoms with van der Waals surface area (Å²) in [5.74, 6) is 0. The maximum atomic E-state index is 8.63. The van der Waals surface area contributed by atoms with Crippen molar-refractivity contribution in [1.29, 1.82) is 0 Å². The molecule has 2 aliphatic heterocycles. The summed E-state index contributed by atoms with van der Waals surface area (Å²) < 4.78 is 34.9. The van der Waals surface area contributed by atoms with Gasteiger partial charge in [-0.2, -0.15) is 4.58 Å². The molecule has 0 radical (unpaired) electrons. The largest absolute Gasteiger partial charge is 0.726 e. The predicted molar refractivity (Wildman–Crippen MR) is 45.0 cm³/mol. The fraction of sp³-hybridized carbons (Fsp3) is 0. The molecule has 5 nitrogen and oxygen atoms in total. The van der Waals surface area contributed by atoms with E-state index in [2.05, 4.69) is 16.7 Å². The monoisotopic (exact) mass is 201 g/mol. The van der Waals surface area contributed by atoms with E-state index >= 15 is 0 Å². The van der Waals surface area contributed by atoms with Gasteiger partial charge in [-0.3, -0.25) is 4.55 Å². The van der Waals surface area contributed by atoms with Gasteiger partial charge in [-0.15, -0.1) is 0 Å². The first kappa shape index (κ1) is 9.85. The van der Waals surface area contributed by atoms with Crippen molar-refractivity contribution < 1.29 is 22.1 Å². The Morgan fingerprint density at radius 1 is 1.38 bits per heavy atom. The molecule has 0 atom stereocenters. The summed E-state index contributed by atoms with van der Waals surface area (Å²) in [6.45, 7) is 0. The molecule has 0 aromatic heterocycles. The Morgan fingerprint density at radius 2 is 2.00 bits per heavy atom. The van der Waals surface area contributed by atoms with Crippen molar-refractivity contribution in [2.24, 2.45) is 0 Å². The second-order valence-electron chi connectivity index (χ2n) is 2.28. The Morgan fingerprint density at radius 3 is 2.54 bits per heavy atom. The minimum absolute atomic E-state index is 1.27. The lowest BCUT2D eigenvalue weighted by Crippen LogP contribution is -1.91. The number of hydrogen-bond acceptors (Lipinski definition) is 3. The molecule has 2 heterocycles. The number of fused-ring (bicyclic) bond motifs is 1. The number of nitrogens with zero attached hydrogens (tertiary/aromatic N) is 1. The second-order valence-corrected chi connectivity index (χ2v) is 3.13. The van der Waals surface area contributed by atoms with E-state index in [4.69, 9.17) is 17.5 Å². The average Bonchev–Trinajstić information content (AvgIpc) is 2.36. The molecule has 0 aromatic rings. The van der Waals surface area contributed by atoms with Gasteiger partial charge in [0.15, 0.2) is 12.4 Å². The molecule has 0 fully saturated rings. The van der Waals surface area contributed by atoms with Gasteiger partial charge >= 0.3 is 0 Å². The number of rotatable bonds is 0. The molecule has 0 amide bonds. The molecule has 6 heteroatoms. The summed E-state index contributed by atoms with van der Waals surface area (Å²) in [7, 11) is -4.92. The third-order valence-corrected chi connectivity index (χ3v) is 1.33. The molecule has 0 aromatic carbocycles. The van der Waals surface area contributed by atoms with Crippen molar-refractivity contribution in [3.63, 3.8) is 0 Å². The fourth-order valence-electron chi connectivity index (χ4n) is 0.918. The Kier molecular flexibility index (Phi) is 2.76. The standard InChI is InChI=1S/C7H6N.H2O4S/c1-3-7-4-2-6-8(7)5-1;1-5(2,3)4/h1-6H;(H2,1,2,3,4)/q+1;/p-1. The lowest BCUT2D eigenvalue weighted by Gasteiger charge is -1.88. The van der Waals surface area contributed by atoms with Crippen LogP contribution in [-0.2, 0) is 10.4 Å². The van der Waals surface area contributed by atoms with Gasteiger partial charge in [0.1, 0.15) is 0 Å². The Bertz CT molecular complexity index is 380. The number of allylic oxidation sites excluding steroid dienone is 4. The molecule has 70 valence electrons. The van der Waals surface area contributed by atoms with Crippen molar-refractivity contribution in [2.45, 2.75) is 0 Å². The summed E-state index contributed by atoms with van der Waals surface area (Å²) >= 11 is 0. The van der Waals surface area contributed by atoms with Crippen molar-refractivity contribution in [2.75, 3.05) is 0 Å². The van der Waals surface area contributed by atoms with Crippen LogP contribution in [0.2, 0.25) is 0 Å². The molecule has 0 saturated carbocycles. The van der Waals surface area contributed by atoms with Crippen LogP contribution >= 0.6 is 0 Å². The minimum Gasteiger partial charge on any atom is -0.726 e. The minimum atomic E-state index is -4.92. The van der Waals surface area contributed by atoms with Crippen molar-refractivity contribution in [3.8, 4) is 0 Å². The van der Waals surface area contributed by atoms with Crippen LogP contribution in [0.15, 0.2) is 36.2 Å². The van der Waals surface area contributed by atoms with Gasteiger partial charge in [-0.1, -0.05) is 0 Å². The van der Waals surface area contributed by atoms with Gasteiger partial charge in [-0.05, 0) is 0 Å². The van der Waals surface area contributed by atoms with Gasteiger partial charge in [0, 0.05) is 24.3 Å². The lowest BCUT2D eigenvalue weighted by molar-refractivity contribution is -0.380. The highest BCUT2D eigenvalue weighted by Crippen LogP contribution is 2.10. The van der Waals surface area contributed by atoms with Crippen LogP contribution in [0.4, 0.5) is 0 Å². The zero-order chi connectivity index (χ0) is 9.90. The first-order chi connectivity index (χ1) is 5.97. The van der Waals surface area contributed by atoms with Gasteiger partial charge in [-0.25, -0.2) is 8.42 Å². The van der Waals surface area contributed by atoms with Gasteiger partial charge in [0.25, 0.3) is 0 Å². The molecule has 1 N–H and O–H groups in total. The zero-order valence-corrected chi connectivity index (χ0v) is 7.31. The van der Waals surface area contributed by atoms with Crippen LogP contribution in [0.3, 0.4) is 0 Å². The average molecular weight is 201 g/mol. The summed E-state index contributed by atoms with van der Waals surface area (Å²) in [5.41, 5.74) is 1.27. The smallest absolute Gasteiger partial charge is 0.215 e. The SMILES string of the molecule is C1=CC2=CC=C[N+]2=C1.O=S(=O)([O-])O. The molecular formula is C7H7NO4S. The normalized spacial score (nSPS) is 17.4. The van der Waals surface area contributed by atoms with Gasteiger partial charge < -0.3 is 4.55 Å². The van der Waals surface area contributed by atoms with Gasteiger partial charge in [0.2, 0.25) is 16.1 Å². The molecule has 0 bridgehead atoms. The predicted octanol–water partition coefficient (Wildman–Crippen LogP) is 0.0553. The van der Waals surface area contributed by atoms with Crippen LogP contribution in [0.5, 0.6) is 0 Å². The lowest BCUT2D eigenvalue weighted by atomic mass is 10.4. The topological polar surface area (TPSA) is 80.4 Å². The Balaban J connectivity index is 0.000000149. The fourth-order valence-corrected chi connectivity index (χ4v) is 0.918. The summed E-state index contributed by atoms with van der Waals surface area (Å²) in [4.78, 5) is 0. The van der Waals surface area contributed by atoms with Crippen LogP contribution in [0.1, 0.15) is 0 Å². The van der Waals surface area contributed by atoms with Crippen LogP contribution in [-0.4, -0.2) is 28.3 Å². The molecular weight excluding hydrogens is 194 g/mol. The molecule has 0 aliphatic carbocycles. The highest BCUT2D eigenvalue weighted by atomic mass is 32.3. The van der Waals surface area contributed by atoms with Crippen molar-refractivity contribution in [3.05, 3.63) is 36.2 Å². The third-order valence-electron chi connectivity index (χ3n) is 1.33. The maximum Gasteiger partial charge on any atom is 0.215 e. The number of hydrogen-bond donors (Lipinski definition) is 1. The highest BCUT2D eigenvalue weighted by molar-refractivity contribution is 7.79. The third kappa shape index (κ3) is 3.79. The highest BCUT2D eigenvalue weighted by Gasteiger charge is 2.13. The van der Waals surface area contributed by atoms with Crippen LogP contribution in [0, 0.1) is 0 Å². The summed E-state index contributed by atoms with van der Waals surface area (Å²) in [5, 5.41) is 0. The van der Waals surface area contributed by atoms with E-state index in [1.165, 1.54) is 5.70 Å². The second kappa shape index (κ2) is 3.65. The van der Waals surface area contributed by atoms with Crippen LogP contribution < -0.4 is 0 Å². The molecule has 2 rings (SSSR count). The Labute approximate surface area is 75.6 Å². The van der Waals surface area contributed by atoms with E-state index in [1.54, 1.807) is 0 Å². The zero-order valence-electron chi connectivity index (χ0n) is 6.49. The van der Waals surface area contributed by atoms with Crippen LogP contribution in [0.25, 0.3) is 0 Å². The van der Waals surface area contributed by atoms with Crippen molar-refractivity contribution >= 4 is 16.6 Å². The van der Waals surface area contributed by atoms with E-state index in [9.17, 15) is 0 Å². The summed E-state index contributed by atoms with van der Waals surface area (Å²) in [6.07, 6.45) is 12.3. The van der Waals surface area contributed by atoms with E-state index in [0.717, 1.165) is 0 Å². The molecule has 13 heavy (non-hydrogen) atoms. The first-order valence-corrected chi connectivity index (χ1v) is 4.70. The first-order valence-electron chi connectivity index (χ1n) is 3.33. The van der Waals surface area contributed by atoms with Crippen molar-refractivity contribution in [1.82, 2.24) is 0 Å². The van der Waals surface area contributed by atoms with E-state index in [1.807, 2.05) is 24.6 Å². The van der Waals surface area contributed by atoms with E-state index < -0.39 is 10.4 Å². The molecule has 0 unspecified atom stereocenters.